The Morgan fingerprint density at radius 1 is 1.57 bits per heavy atom. The summed E-state index contributed by atoms with van der Waals surface area (Å²) < 4.78 is 13.9. The minimum absolute atomic E-state index is 0.0152. The molecule has 1 atom stereocenters. The van der Waals surface area contributed by atoms with Crippen molar-refractivity contribution in [2.24, 2.45) is 5.73 Å². The molecule has 0 amide bonds. The highest BCUT2D eigenvalue weighted by Crippen LogP contribution is 2.31. The van der Waals surface area contributed by atoms with Gasteiger partial charge in [-0.05, 0) is 35.0 Å². The lowest BCUT2D eigenvalue weighted by atomic mass is 10.1. The summed E-state index contributed by atoms with van der Waals surface area (Å²) >= 11 is 8.75. The maximum absolute atomic E-state index is 13.5. The topological polar surface area (TPSA) is 46.2 Å². The van der Waals surface area contributed by atoms with Crippen molar-refractivity contribution in [3.8, 4) is 0 Å². The number of halogens is 3. The third-order valence-electron chi connectivity index (χ3n) is 1.86. The van der Waals surface area contributed by atoms with Crippen LogP contribution < -0.4 is 5.73 Å². The van der Waals surface area contributed by atoms with Crippen LogP contribution in [-0.2, 0) is 0 Å². The molecule has 0 fully saturated rings. The van der Waals surface area contributed by atoms with Gasteiger partial charge in [0.2, 0.25) is 0 Å². The molecular weight excluding hydrogens is 272 g/mol. The van der Waals surface area contributed by atoms with E-state index in [1.165, 1.54) is 6.07 Å². The predicted molar refractivity (Wildman–Crippen MR) is 57.7 cm³/mol. The summed E-state index contributed by atoms with van der Waals surface area (Å²) in [5.41, 5.74) is 5.44. The number of benzene rings is 1. The molecule has 5 heteroatoms. The fraction of sp³-hybridized carbons (Fsp3) is 0.333. The molecule has 0 saturated heterocycles. The van der Waals surface area contributed by atoms with Gasteiger partial charge >= 0.3 is 0 Å². The zero-order chi connectivity index (χ0) is 10.7. The molecule has 0 aliphatic rings. The maximum Gasteiger partial charge on any atom is 0.148 e. The van der Waals surface area contributed by atoms with E-state index in [0.29, 0.717) is 17.4 Å². The average Bonchev–Trinajstić information content (AvgIpc) is 2.15. The molecular formula is C9H10BrClFNO. The second-order valence-electron chi connectivity index (χ2n) is 2.86. The molecule has 0 aliphatic heterocycles. The van der Waals surface area contributed by atoms with Gasteiger partial charge in [-0.3, -0.25) is 0 Å². The van der Waals surface area contributed by atoms with E-state index in [0.717, 1.165) is 0 Å². The van der Waals surface area contributed by atoms with Gasteiger partial charge in [0.05, 0.1) is 11.1 Å². The van der Waals surface area contributed by atoms with Crippen molar-refractivity contribution in [2.75, 3.05) is 6.54 Å². The van der Waals surface area contributed by atoms with Crippen molar-refractivity contribution in [3.63, 3.8) is 0 Å². The molecule has 2 nitrogen and oxygen atoms in total. The lowest BCUT2D eigenvalue weighted by Gasteiger charge is -2.11. The minimum atomic E-state index is -0.898. The van der Waals surface area contributed by atoms with Crippen LogP contribution in [0, 0.1) is 5.82 Å². The van der Waals surface area contributed by atoms with Crippen LogP contribution >= 0.6 is 27.5 Å². The van der Waals surface area contributed by atoms with Crippen LogP contribution in [0.5, 0.6) is 0 Å². The summed E-state index contributed by atoms with van der Waals surface area (Å²) in [6.45, 7) is 0.300. The first-order valence-electron chi connectivity index (χ1n) is 4.09. The van der Waals surface area contributed by atoms with Gasteiger partial charge < -0.3 is 10.8 Å². The summed E-state index contributed by atoms with van der Waals surface area (Å²) in [5, 5.41) is 9.51. The molecule has 0 aromatic heterocycles. The molecule has 0 saturated carbocycles. The molecule has 0 radical (unpaired) electrons. The highest BCUT2D eigenvalue weighted by Gasteiger charge is 2.16. The fourth-order valence-electron chi connectivity index (χ4n) is 1.11. The van der Waals surface area contributed by atoms with Gasteiger partial charge in [0.25, 0.3) is 0 Å². The van der Waals surface area contributed by atoms with Gasteiger partial charge in [-0.2, -0.15) is 0 Å². The molecule has 3 N–H and O–H groups in total. The Kier molecular flexibility index (Phi) is 4.31. The number of hydrogen-bond donors (Lipinski definition) is 2. The first kappa shape index (κ1) is 11.9. The average molecular weight is 283 g/mol. The first-order valence-corrected chi connectivity index (χ1v) is 5.26. The zero-order valence-corrected chi connectivity index (χ0v) is 9.65. The lowest BCUT2D eigenvalue weighted by Crippen LogP contribution is -2.08. The van der Waals surface area contributed by atoms with Crippen molar-refractivity contribution in [2.45, 2.75) is 12.5 Å². The van der Waals surface area contributed by atoms with E-state index in [1.807, 2.05) is 0 Å². The minimum Gasteiger partial charge on any atom is -0.388 e. The van der Waals surface area contributed by atoms with E-state index in [1.54, 1.807) is 6.07 Å². The third-order valence-corrected chi connectivity index (χ3v) is 3.12. The Morgan fingerprint density at radius 2 is 2.21 bits per heavy atom. The Morgan fingerprint density at radius 3 is 2.79 bits per heavy atom. The summed E-state index contributed by atoms with van der Waals surface area (Å²) in [7, 11) is 0. The third kappa shape index (κ3) is 2.45. The second kappa shape index (κ2) is 5.07. The smallest absolute Gasteiger partial charge is 0.148 e. The van der Waals surface area contributed by atoms with Crippen LogP contribution in [0.15, 0.2) is 16.6 Å². The second-order valence-corrected chi connectivity index (χ2v) is 4.09. The van der Waals surface area contributed by atoms with E-state index in [-0.39, 0.29) is 10.6 Å². The molecule has 0 aliphatic carbocycles. The molecule has 1 aromatic rings. The fourth-order valence-corrected chi connectivity index (χ4v) is 1.59. The van der Waals surface area contributed by atoms with Gasteiger partial charge in [0, 0.05) is 10.0 Å². The Bertz CT molecular complexity index is 335. The van der Waals surface area contributed by atoms with E-state index in [4.69, 9.17) is 17.3 Å². The molecule has 1 unspecified atom stereocenters. The molecule has 1 rings (SSSR count). The SMILES string of the molecule is NCCC(O)c1ccc(Br)c(Cl)c1F. The van der Waals surface area contributed by atoms with Crippen molar-refractivity contribution >= 4 is 27.5 Å². The normalized spacial score (nSPS) is 12.9. The molecule has 1 aromatic carbocycles. The van der Waals surface area contributed by atoms with E-state index < -0.39 is 11.9 Å². The van der Waals surface area contributed by atoms with Crippen LogP contribution in [0.1, 0.15) is 18.1 Å². The van der Waals surface area contributed by atoms with Gasteiger partial charge in [-0.25, -0.2) is 4.39 Å². The van der Waals surface area contributed by atoms with Crippen LogP contribution in [0.25, 0.3) is 0 Å². The maximum atomic E-state index is 13.5. The molecule has 0 bridgehead atoms. The predicted octanol–water partition coefficient (Wildman–Crippen LogP) is 2.62. The highest BCUT2D eigenvalue weighted by atomic mass is 79.9. The zero-order valence-electron chi connectivity index (χ0n) is 7.30. The quantitative estimate of drug-likeness (QED) is 0.837. The summed E-state index contributed by atoms with van der Waals surface area (Å²) in [6.07, 6.45) is -0.583. The number of aliphatic hydroxyl groups excluding tert-OH is 1. The van der Waals surface area contributed by atoms with Gasteiger partial charge in [-0.1, -0.05) is 17.7 Å². The lowest BCUT2D eigenvalue weighted by molar-refractivity contribution is 0.165. The Balaban J connectivity index is 3.04. The number of nitrogens with two attached hydrogens (primary N) is 1. The van der Waals surface area contributed by atoms with Crippen molar-refractivity contribution in [1.29, 1.82) is 0 Å². The van der Waals surface area contributed by atoms with Crippen LogP contribution in [0.2, 0.25) is 5.02 Å². The number of hydrogen-bond acceptors (Lipinski definition) is 2. The van der Waals surface area contributed by atoms with Crippen molar-refractivity contribution < 1.29 is 9.50 Å². The van der Waals surface area contributed by atoms with Crippen LogP contribution in [0.4, 0.5) is 4.39 Å². The van der Waals surface area contributed by atoms with E-state index in [9.17, 15) is 9.50 Å². The van der Waals surface area contributed by atoms with Gasteiger partial charge in [0.15, 0.2) is 0 Å². The van der Waals surface area contributed by atoms with Gasteiger partial charge in [0.1, 0.15) is 5.82 Å². The molecule has 14 heavy (non-hydrogen) atoms. The molecule has 0 heterocycles. The van der Waals surface area contributed by atoms with Gasteiger partial charge in [-0.15, -0.1) is 0 Å². The summed E-state index contributed by atoms with van der Waals surface area (Å²) in [5.74, 6) is -0.595. The Labute approximate surface area is 95.0 Å². The van der Waals surface area contributed by atoms with E-state index in [2.05, 4.69) is 15.9 Å². The monoisotopic (exact) mass is 281 g/mol. The van der Waals surface area contributed by atoms with Crippen molar-refractivity contribution in [3.05, 3.63) is 33.0 Å². The number of aliphatic hydroxyl groups is 1. The van der Waals surface area contributed by atoms with Crippen LogP contribution in [0.3, 0.4) is 0 Å². The highest BCUT2D eigenvalue weighted by molar-refractivity contribution is 9.10. The van der Waals surface area contributed by atoms with Crippen LogP contribution in [-0.4, -0.2) is 11.7 Å². The molecule has 0 spiro atoms. The standard InChI is InChI=1S/C9H10BrClFNO/c10-6-2-1-5(7(14)3-4-13)9(12)8(6)11/h1-2,7,14H,3-4,13H2. The van der Waals surface area contributed by atoms with Crippen molar-refractivity contribution in [1.82, 2.24) is 0 Å². The number of rotatable bonds is 3. The summed E-state index contributed by atoms with van der Waals surface area (Å²) in [6, 6.07) is 3.09. The summed E-state index contributed by atoms with van der Waals surface area (Å²) in [4.78, 5) is 0. The Hall–Kier alpha value is -0.160. The molecule has 78 valence electrons. The first-order chi connectivity index (χ1) is 6.57. The largest absolute Gasteiger partial charge is 0.388 e. The van der Waals surface area contributed by atoms with E-state index >= 15 is 0 Å².